The van der Waals surface area contributed by atoms with Crippen molar-refractivity contribution < 1.29 is 13.2 Å². The molecule has 5 nitrogen and oxygen atoms in total. The Morgan fingerprint density at radius 2 is 1.67 bits per heavy atom. The van der Waals surface area contributed by atoms with Gasteiger partial charge in [-0.15, -0.1) is 0 Å². The average molecular weight is 274 g/mol. The van der Waals surface area contributed by atoms with Gasteiger partial charge in [-0.3, -0.25) is 4.79 Å². The van der Waals surface area contributed by atoms with Crippen molar-refractivity contribution in [3.8, 4) is 0 Å². The zero-order chi connectivity index (χ0) is 13.2. The minimum absolute atomic E-state index is 0.0423. The van der Waals surface area contributed by atoms with Gasteiger partial charge in [0.2, 0.25) is 5.91 Å². The van der Waals surface area contributed by atoms with Crippen LogP contribution in [0.25, 0.3) is 0 Å². The first-order valence-corrected chi connectivity index (χ1v) is 8.54. The quantitative estimate of drug-likeness (QED) is 0.745. The van der Waals surface area contributed by atoms with E-state index in [4.69, 9.17) is 5.73 Å². The van der Waals surface area contributed by atoms with Gasteiger partial charge in [0.25, 0.3) is 0 Å². The molecule has 1 saturated carbocycles. The Kier molecular flexibility index (Phi) is 3.96. The van der Waals surface area contributed by atoms with Crippen molar-refractivity contribution in [1.82, 2.24) is 4.90 Å². The maximum Gasteiger partial charge on any atom is 0.242 e. The number of rotatable bonds is 1. The van der Waals surface area contributed by atoms with Gasteiger partial charge in [0.1, 0.15) is 0 Å². The van der Waals surface area contributed by atoms with Gasteiger partial charge in [0.15, 0.2) is 9.84 Å². The molecule has 0 aromatic heterocycles. The van der Waals surface area contributed by atoms with E-state index in [-0.39, 0.29) is 17.4 Å². The molecule has 0 bridgehead atoms. The van der Waals surface area contributed by atoms with Crippen LogP contribution >= 0.6 is 0 Å². The van der Waals surface area contributed by atoms with Gasteiger partial charge in [0.05, 0.1) is 17.0 Å². The average Bonchev–Trinajstić information content (AvgIpc) is 2.50. The summed E-state index contributed by atoms with van der Waals surface area (Å²) in [7, 11) is -2.97. The molecule has 0 aromatic rings. The highest BCUT2D eigenvalue weighted by Crippen LogP contribution is 2.28. The molecule has 18 heavy (non-hydrogen) atoms. The van der Waals surface area contributed by atoms with Crippen LogP contribution in [0, 0.1) is 0 Å². The molecule has 6 heteroatoms. The van der Waals surface area contributed by atoms with Crippen molar-refractivity contribution in [3.05, 3.63) is 0 Å². The van der Waals surface area contributed by atoms with Crippen LogP contribution in [-0.4, -0.2) is 49.4 Å². The predicted octanol–water partition coefficient (Wildman–Crippen LogP) is 0.295. The van der Waals surface area contributed by atoms with E-state index >= 15 is 0 Å². The van der Waals surface area contributed by atoms with E-state index in [9.17, 15) is 13.2 Å². The van der Waals surface area contributed by atoms with Crippen molar-refractivity contribution in [1.29, 1.82) is 0 Å². The summed E-state index contributed by atoms with van der Waals surface area (Å²) < 4.78 is 23.1. The summed E-state index contributed by atoms with van der Waals surface area (Å²) in [6, 6.07) is 0. The molecule has 1 aliphatic carbocycles. The number of amides is 1. The molecule has 1 aliphatic heterocycles. The third kappa shape index (κ3) is 3.03. The normalized spacial score (nSPS) is 27.5. The highest BCUT2D eigenvalue weighted by molar-refractivity contribution is 7.91. The first kappa shape index (κ1) is 13.8. The first-order valence-electron chi connectivity index (χ1n) is 6.72. The standard InChI is InChI=1S/C12H22N2O3S/c13-12(5-2-1-3-6-12)11(15)14-7-4-9-18(16,17)10-8-14/h1-10,13H2. The van der Waals surface area contributed by atoms with Gasteiger partial charge < -0.3 is 10.6 Å². The molecular weight excluding hydrogens is 252 g/mol. The van der Waals surface area contributed by atoms with Crippen LogP contribution in [0.1, 0.15) is 38.5 Å². The molecule has 1 saturated heterocycles. The molecule has 104 valence electrons. The van der Waals surface area contributed by atoms with Gasteiger partial charge in [-0.2, -0.15) is 0 Å². The predicted molar refractivity (Wildman–Crippen MR) is 69.9 cm³/mol. The number of hydrogen-bond acceptors (Lipinski definition) is 4. The number of carbonyl (C=O) groups is 1. The lowest BCUT2D eigenvalue weighted by molar-refractivity contribution is -0.138. The number of hydrogen-bond donors (Lipinski definition) is 1. The molecule has 2 fully saturated rings. The van der Waals surface area contributed by atoms with E-state index in [1.807, 2.05) is 0 Å². The van der Waals surface area contributed by atoms with E-state index in [1.165, 1.54) is 0 Å². The Balaban J connectivity index is 2.04. The van der Waals surface area contributed by atoms with Gasteiger partial charge in [-0.1, -0.05) is 19.3 Å². The highest BCUT2D eigenvalue weighted by atomic mass is 32.2. The lowest BCUT2D eigenvalue weighted by Crippen LogP contribution is -2.56. The second-order valence-corrected chi connectivity index (χ2v) is 7.82. The van der Waals surface area contributed by atoms with Gasteiger partial charge in [-0.05, 0) is 19.3 Å². The van der Waals surface area contributed by atoms with Crippen molar-refractivity contribution in [2.24, 2.45) is 5.73 Å². The zero-order valence-electron chi connectivity index (χ0n) is 10.7. The number of nitrogens with zero attached hydrogens (tertiary/aromatic N) is 1. The van der Waals surface area contributed by atoms with Crippen LogP contribution in [0.5, 0.6) is 0 Å². The fraction of sp³-hybridized carbons (Fsp3) is 0.917. The molecule has 0 spiro atoms. The summed E-state index contributed by atoms with van der Waals surface area (Å²) in [5, 5.41) is 0. The van der Waals surface area contributed by atoms with Gasteiger partial charge in [-0.25, -0.2) is 8.42 Å². The minimum atomic E-state index is -2.97. The summed E-state index contributed by atoms with van der Waals surface area (Å²) in [5.74, 6) is 0.225. The third-order valence-corrected chi connectivity index (χ3v) is 5.73. The topological polar surface area (TPSA) is 80.5 Å². The molecule has 0 radical (unpaired) electrons. The SMILES string of the molecule is NC1(C(=O)N2CCCS(=O)(=O)CC2)CCCCC1. The van der Waals surface area contributed by atoms with Crippen molar-refractivity contribution in [2.75, 3.05) is 24.6 Å². The largest absolute Gasteiger partial charge is 0.340 e. The van der Waals surface area contributed by atoms with Crippen LogP contribution in [0.4, 0.5) is 0 Å². The summed E-state index contributed by atoms with van der Waals surface area (Å²) in [6.45, 7) is 0.830. The lowest BCUT2D eigenvalue weighted by atomic mass is 9.81. The van der Waals surface area contributed by atoms with E-state index in [0.717, 1.165) is 32.1 Å². The third-order valence-electron chi connectivity index (χ3n) is 4.01. The molecular formula is C12H22N2O3S. The van der Waals surface area contributed by atoms with Crippen LogP contribution in [0.2, 0.25) is 0 Å². The number of nitrogens with two attached hydrogens (primary N) is 1. The van der Waals surface area contributed by atoms with Gasteiger partial charge >= 0.3 is 0 Å². The fourth-order valence-electron chi connectivity index (χ4n) is 2.85. The molecule has 1 amide bonds. The maximum atomic E-state index is 12.4. The molecule has 2 rings (SSSR count). The highest BCUT2D eigenvalue weighted by Gasteiger charge is 2.39. The second-order valence-electron chi connectivity index (χ2n) is 5.51. The number of carbonyl (C=O) groups excluding carboxylic acids is 1. The lowest BCUT2D eigenvalue weighted by Gasteiger charge is -2.36. The zero-order valence-corrected chi connectivity index (χ0v) is 11.5. The second kappa shape index (κ2) is 5.17. The van der Waals surface area contributed by atoms with E-state index in [1.54, 1.807) is 4.90 Å². The van der Waals surface area contributed by atoms with Crippen molar-refractivity contribution >= 4 is 15.7 Å². The maximum absolute atomic E-state index is 12.4. The molecule has 2 N–H and O–H groups in total. The van der Waals surface area contributed by atoms with Gasteiger partial charge in [0, 0.05) is 13.1 Å². The molecule has 0 atom stereocenters. The molecule has 1 heterocycles. The van der Waals surface area contributed by atoms with E-state index in [2.05, 4.69) is 0 Å². The Morgan fingerprint density at radius 3 is 2.33 bits per heavy atom. The Hall–Kier alpha value is -0.620. The van der Waals surface area contributed by atoms with Crippen LogP contribution in [0.15, 0.2) is 0 Å². The molecule has 2 aliphatic rings. The Labute approximate surface area is 109 Å². The smallest absolute Gasteiger partial charge is 0.242 e. The van der Waals surface area contributed by atoms with Crippen molar-refractivity contribution in [3.63, 3.8) is 0 Å². The molecule has 0 aromatic carbocycles. The van der Waals surface area contributed by atoms with E-state index in [0.29, 0.717) is 19.5 Å². The summed E-state index contributed by atoms with van der Waals surface area (Å²) >= 11 is 0. The first-order chi connectivity index (χ1) is 8.43. The fourth-order valence-corrected chi connectivity index (χ4v) is 4.12. The van der Waals surface area contributed by atoms with Crippen LogP contribution in [0.3, 0.4) is 0 Å². The van der Waals surface area contributed by atoms with Crippen LogP contribution < -0.4 is 5.73 Å². The monoisotopic (exact) mass is 274 g/mol. The summed E-state index contributed by atoms with van der Waals surface area (Å²) in [4.78, 5) is 14.1. The summed E-state index contributed by atoms with van der Waals surface area (Å²) in [5.41, 5.74) is 5.47. The summed E-state index contributed by atoms with van der Waals surface area (Å²) in [6.07, 6.45) is 5.12. The van der Waals surface area contributed by atoms with E-state index < -0.39 is 15.4 Å². The Morgan fingerprint density at radius 1 is 1.00 bits per heavy atom. The molecule has 0 unspecified atom stereocenters. The number of sulfone groups is 1. The van der Waals surface area contributed by atoms with Crippen LogP contribution in [-0.2, 0) is 14.6 Å². The Bertz CT molecular complexity index is 413. The minimum Gasteiger partial charge on any atom is -0.340 e. The van der Waals surface area contributed by atoms with Crippen molar-refractivity contribution in [2.45, 2.75) is 44.1 Å².